The Kier molecular flexibility index (Phi) is 5.09. The van der Waals surface area contributed by atoms with Gasteiger partial charge in [-0.3, -0.25) is 4.79 Å². The van der Waals surface area contributed by atoms with Crippen molar-refractivity contribution in [2.45, 2.75) is 46.1 Å². The summed E-state index contributed by atoms with van der Waals surface area (Å²) in [5, 5.41) is 3.31. The molecule has 1 aliphatic rings. The molecule has 1 fully saturated rings. The molecule has 0 aromatic heterocycles. The van der Waals surface area contributed by atoms with Crippen molar-refractivity contribution in [2.75, 3.05) is 13.1 Å². The number of ether oxygens (including phenoxy) is 1. The smallest absolute Gasteiger partial charge is 0.306 e. The minimum absolute atomic E-state index is 0.0362. The number of rotatable bonds is 4. The van der Waals surface area contributed by atoms with Crippen LogP contribution in [0.1, 0.15) is 40.0 Å². The van der Waals surface area contributed by atoms with Gasteiger partial charge in [-0.05, 0) is 44.7 Å². The van der Waals surface area contributed by atoms with E-state index in [4.69, 9.17) is 4.74 Å². The summed E-state index contributed by atoms with van der Waals surface area (Å²) in [6.45, 7) is 8.15. The van der Waals surface area contributed by atoms with E-state index in [0.29, 0.717) is 18.3 Å². The fraction of sp³-hybridized carbons (Fsp3) is 0.917. The van der Waals surface area contributed by atoms with Gasteiger partial charge in [0.05, 0.1) is 0 Å². The summed E-state index contributed by atoms with van der Waals surface area (Å²) in [6.07, 6.45) is 2.94. The van der Waals surface area contributed by atoms with Crippen LogP contribution in [0.3, 0.4) is 0 Å². The third kappa shape index (κ3) is 4.65. The lowest BCUT2D eigenvalue weighted by Gasteiger charge is -2.23. The van der Waals surface area contributed by atoms with Crippen molar-refractivity contribution >= 4 is 5.97 Å². The van der Waals surface area contributed by atoms with Gasteiger partial charge in [0.15, 0.2) is 0 Å². The lowest BCUT2D eigenvalue weighted by atomic mass is 9.96. The van der Waals surface area contributed by atoms with Crippen LogP contribution < -0.4 is 5.32 Å². The van der Waals surface area contributed by atoms with Crippen molar-refractivity contribution in [1.29, 1.82) is 0 Å². The SMILES string of the molecule is CC(C)C(C)OC(=O)CC1CCCNC1. The van der Waals surface area contributed by atoms with E-state index in [1.165, 1.54) is 6.42 Å². The predicted octanol–water partition coefficient (Wildman–Crippen LogP) is 1.96. The first-order chi connectivity index (χ1) is 7.09. The van der Waals surface area contributed by atoms with Crippen LogP contribution in [0.15, 0.2) is 0 Å². The molecule has 1 heterocycles. The highest BCUT2D eigenvalue weighted by atomic mass is 16.5. The Morgan fingerprint density at radius 3 is 2.73 bits per heavy atom. The quantitative estimate of drug-likeness (QED) is 0.726. The second kappa shape index (κ2) is 6.11. The Morgan fingerprint density at radius 2 is 2.20 bits per heavy atom. The number of nitrogens with one attached hydrogen (secondary N) is 1. The lowest BCUT2D eigenvalue weighted by molar-refractivity contribution is -0.151. The molecule has 1 saturated heterocycles. The van der Waals surface area contributed by atoms with E-state index in [0.717, 1.165) is 19.5 Å². The van der Waals surface area contributed by atoms with Crippen molar-refractivity contribution < 1.29 is 9.53 Å². The predicted molar refractivity (Wildman–Crippen MR) is 60.6 cm³/mol. The Morgan fingerprint density at radius 1 is 1.47 bits per heavy atom. The first-order valence-electron chi connectivity index (χ1n) is 5.99. The van der Waals surface area contributed by atoms with Crippen LogP contribution in [-0.4, -0.2) is 25.2 Å². The maximum Gasteiger partial charge on any atom is 0.306 e. The summed E-state index contributed by atoms with van der Waals surface area (Å²) in [4.78, 5) is 11.6. The van der Waals surface area contributed by atoms with E-state index in [-0.39, 0.29) is 12.1 Å². The van der Waals surface area contributed by atoms with E-state index in [9.17, 15) is 4.79 Å². The van der Waals surface area contributed by atoms with Gasteiger partial charge in [-0.15, -0.1) is 0 Å². The molecular formula is C12H23NO2. The zero-order chi connectivity index (χ0) is 11.3. The molecule has 1 N–H and O–H groups in total. The number of piperidine rings is 1. The van der Waals surface area contributed by atoms with Gasteiger partial charge < -0.3 is 10.1 Å². The average Bonchev–Trinajstić information content (AvgIpc) is 2.18. The molecular weight excluding hydrogens is 190 g/mol. The molecule has 0 spiro atoms. The number of carbonyl (C=O) groups excluding carboxylic acids is 1. The van der Waals surface area contributed by atoms with Gasteiger partial charge in [0.2, 0.25) is 0 Å². The molecule has 1 aliphatic heterocycles. The van der Waals surface area contributed by atoms with Gasteiger partial charge in [0, 0.05) is 6.42 Å². The zero-order valence-electron chi connectivity index (χ0n) is 10.1. The topological polar surface area (TPSA) is 38.3 Å². The van der Waals surface area contributed by atoms with Gasteiger partial charge in [-0.25, -0.2) is 0 Å². The normalized spacial score (nSPS) is 23.9. The van der Waals surface area contributed by atoms with Crippen molar-refractivity contribution in [2.24, 2.45) is 11.8 Å². The first-order valence-corrected chi connectivity index (χ1v) is 5.99. The first kappa shape index (κ1) is 12.5. The third-order valence-corrected chi connectivity index (χ3v) is 3.11. The van der Waals surface area contributed by atoms with Crippen LogP contribution in [0, 0.1) is 11.8 Å². The maximum absolute atomic E-state index is 11.6. The van der Waals surface area contributed by atoms with E-state index in [1.807, 2.05) is 6.92 Å². The maximum atomic E-state index is 11.6. The molecule has 2 unspecified atom stereocenters. The number of esters is 1. The van der Waals surface area contributed by atoms with E-state index < -0.39 is 0 Å². The zero-order valence-corrected chi connectivity index (χ0v) is 10.1. The lowest BCUT2D eigenvalue weighted by Crippen LogP contribution is -2.32. The van der Waals surface area contributed by atoms with Crippen LogP contribution in [0.4, 0.5) is 0 Å². The molecule has 0 saturated carbocycles. The molecule has 0 radical (unpaired) electrons. The number of hydrogen-bond acceptors (Lipinski definition) is 3. The standard InChI is InChI=1S/C12H23NO2/c1-9(2)10(3)15-12(14)7-11-5-4-6-13-8-11/h9-11,13H,4-8H2,1-3H3. The minimum Gasteiger partial charge on any atom is -0.462 e. The van der Waals surface area contributed by atoms with Crippen LogP contribution in [0.5, 0.6) is 0 Å². The summed E-state index contributed by atoms with van der Waals surface area (Å²) in [5.41, 5.74) is 0. The van der Waals surface area contributed by atoms with Crippen LogP contribution in [-0.2, 0) is 9.53 Å². The highest BCUT2D eigenvalue weighted by Gasteiger charge is 2.19. The summed E-state index contributed by atoms with van der Waals surface area (Å²) in [5.74, 6) is 0.842. The van der Waals surface area contributed by atoms with Gasteiger partial charge in [-0.2, -0.15) is 0 Å². The fourth-order valence-corrected chi connectivity index (χ4v) is 1.73. The number of carbonyl (C=O) groups is 1. The molecule has 0 bridgehead atoms. The summed E-state index contributed by atoms with van der Waals surface area (Å²) in [6, 6.07) is 0. The molecule has 1 rings (SSSR count). The molecule has 0 aromatic carbocycles. The highest BCUT2D eigenvalue weighted by Crippen LogP contribution is 2.16. The summed E-state index contributed by atoms with van der Waals surface area (Å²) in [7, 11) is 0. The van der Waals surface area contributed by atoms with E-state index >= 15 is 0 Å². The molecule has 3 heteroatoms. The minimum atomic E-state index is -0.0371. The average molecular weight is 213 g/mol. The Balaban J connectivity index is 2.22. The van der Waals surface area contributed by atoms with Crippen molar-refractivity contribution in [1.82, 2.24) is 5.32 Å². The Labute approximate surface area is 92.6 Å². The second-order valence-electron chi connectivity index (χ2n) is 4.86. The summed E-state index contributed by atoms with van der Waals surface area (Å²) >= 11 is 0. The molecule has 0 aromatic rings. The molecule has 2 atom stereocenters. The van der Waals surface area contributed by atoms with Gasteiger partial charge in [0.1, 0.15) is 6.10 Å². The summed E-state index contributed by atoms with van der Waals surface area (Å²) < 4.78 is 5.35. The monoisotopic (exact) mass is 213 g/mol. The van der Waals surface area contributed by atoms with Crippen molar-refractivity contribution in [3.8, 4) is 0 Å². The van der Waals surface area contributed by atoms with Gasteiger partial charge in [0.25, 0.3) is 0 Å². The van der Waals surface area contributed by atoms with Gasteiger partial charge in [-0.1, -0.05) is 13.8 Å². The third-order valence-electron chi connectivity index (χ3n) is 3.11. The van der Waals surface area contributed by atoms with Crippen LogP contribution >= 0.6 is 0 Å². The van der Waals surface area contributed by atoms with Crippen LogP contribution in [0.2, 0.25) is 0 Å². The molecule has 0 amide bonds. The largest absolute Gasteiger partial charge is 0.462 e. The molecule has 88 valence electrons. The van der Waals surface area contributed by atoms with E-state index in [1.54, 1.807) is 0 Å². The fourth-order valence-electron chi connectivity index (χ4n) is 1.73. The van der Waals surface area contributed by atoms with Crippen molar-refractivity contribution in [3.05, 3.63) is 0 Å². The molecule has 3 nitrogen and oxygen atoms in total. The molecule has 15 heavy (non-hydrogen) atoms. The molecule has 0 aliphatic carbocycles. The second-order valence-corrected chi connectivity index (χ2v) is 4.86. The van der Waals surface area contributed by atoms with Crippen LogP contribution in [0.25, 0.3) is 0 Å². The van der Waals surface area contributed by atoms with E-state index in [2.05, 4.69) is 19.2 Å². The van der Waals surface area contributed by atoms with Gasteiger partial charge >= 0.3 is 5.97 Å². The highest BCUT2D eigenvalue weighted by molar-refractivity contribution is 5.69. The Bertz CT molecular complexity index is 198. The van der Waals surface area contributed by atoms with Crippen molar-refractivity contribution in [3.63, 3.8) is 0 Å². The Hall–Kier alpha value is -0.570. The number of hydrogen-bond donors (Lipinski definition) is 1.